The third-order valence-electron chi connectivity index (χ3n) is 8.70. The van der Waals surface area contributed by atoms with Crippen molar-refractivity contribution in [2.75, 3.05) is 20.2 Å². The first-order valence-electron chi connectivity index (χ1n) is 16.1. The number of aliphatic hydroxyl groups is 1. The van der Waals surface area contributed by atoms with E-state index in [0.29, 0.717) is 6.54 Å². The third-order valence-corrected chi connectivity index (χ3v) is 8.70. The van der Waals surface area contributed by atoms with Gasteiger partial charge < -0.3 is 10.0 Å². The van der Waals surface area contributed by atoms with Gasteiger partial charge in [-0.05, 0) is 18.6 Å². The first-order chi connectivity index (χ1) is 22.7. The van der Waals surface area contributed by atoms with E-state index >= 15 is 0 Å². The molecular formula is C42H43BN2O. The molecule has 5 aromatic carbocycles. The van der Waals surface area contributed by atoms with Crippen molar-refractivity contribution < 1.29 is 9.67 Å². The number of benzene rings is 5. The molecule has 4 heteroatoms. The Kier molecular flexibility index (Phi) is 11.4. The van der Waals surface area contributed by atoms with Crippen LogP contribution < -0.4 is 26.4 Å². The van der Waals surface area contributed by atoms with E-state index in [1.807, 2.05) is 25.2 Å². The molecule has 3 nitrogen and oxygen atoms in total. The molecule has 230 valence electrons. The normalized spacial score (nSPS) is 11.3. The fourth-order valence-electron chi connectivity index (χ4n) is 6.35. The largest absolute Gasteiger partial charge is 0.395 e. The predicted molar refractivity (Wildman–Crippen MR) is 196 cm³/mol. The van der Waals surface area contributed by atoms with E-state index in [0.717, 1.165) is 23.4 Å². The Morgan fingerprint density at radius 2 is 0.957 bits per heavy atom. The zero-order chi connectivity index (χ0) is 32.0. The molecule has 46 heavy (non-hydrogen) atoms. The van der Waals surface area contributed by atoms with Crippen LogP contribution >= 0.6 is 0 Å². The number of aryl methyl sites for hydroxylation is 1. The number of hydrogen-bond donors (Lipinski definition) is 1. The fraction of sp³-hybridized carbons (Fsp3) is 0.119. The quantitative estimate of drug-likeness (QED) is 0.166. The molecule has 0 spiro atoms. The highest BCUT2D eigenvalue weighted by molar-refractivity contribution is 7.19. The molecule has 1 heterocycles. The summed E-state index contributed by atoms with van der Waals surface area (Å²) in [6.07, 6.45) is 5.11. The number of aromatic nitrogens is 1. The number of nitrogens with zero attached hydrogens (tertiary/aromatic N) is 2. The van der Waals surface area contributed by atoms with E-state index in [9.17, 15) is 5.11 Å². The summed E-state index contributed by atoms with van der Waals surface area (Å²) in [4.78, 5) is 2.08. The van der Waals surface area contributed by atoms with Gasteiger partial charge in [0.05, 0.1) is 6.61 Å². The van der Waals surface area contributed by atoms with Crippen molar-refractivity contribution in [3.63, 3.8) is 0 Å². The highest BCUT2D eigenvalue weighted by atomic mass is 16.3. The highest BCUT2D eigenvalue weighted by Gasteiger charge is 2.31. The molecule has 0 atom stereocenters. The molecule has 0 unspecified atom stereocenters. The van der Waals surface area contributed by atoms with Crippen molar-refractivity contribution in [1.29, 1.82) is 0 Å². The van der Waals surface area contributed by atoms with Gasteiger partial charge in [-0.2, -0.15) is 21.9 Å². The van der Waals surface area contributed by atoms with Crippen molar-refractivity contribution in [1.82, 2.24) is 4.90 Å². The predicted octanol–water partition coefficient (Wildman–Crippen LogP) is 5.48. The van der Waals surface area contributed by atoms with Crippen LogP contribution in [0.3, 0.4) is 0 Å². The van der Waals surface area contributed by atoms with Gasteiger partial charge in [0.2, 0.25) is 0 Å². The summed E-state index contributed by atoms with van der Waals surface area (Å²) >= 11 is 0. The molecule has 0 aliphatic carbocycles. The van der Waals surface area contributed by atoms with Crippen molar-refractivity contribution in [3.8, 4) is 0 Å². The number of likely N-dealkylation sites (N-methyl/N-ethyl adjacent to an activating group) is 1. The fourth-order valence-corrected chi connectivity index (χ4v) is 6.35. The maximum absolute atomic E-state index is 9.21. The van der Waals surface area contributed by atoms with Crippen LogP contribution in [0.15, 0.2) is 176 Å². The van der Waals surface area contributed by atoms with Gasteiger partial charge in [-0.15, -0.1) is 0 Å². The molecule has 6 rings (SSSR count). The van der Waals surface area contributed by atoms with Gasteiger partial charge in [0, 0.05) is 37.0 Å². The molecule has 1 aromatic heterocycles. The van der Waals surface area contributed by atoms with Crippen LogP contribution in [-0.2, 0) is 6.54 Å². The molecule has 1 N–H and O–H groups in total. The van der Waals surface area contributed by atoms with E-state index in [4.69, 9.17) is 0 Å². The molecule has 0 aliphatic rings. The second-order valence-corrected chi connectivity index (χ2v) is 11.5. The lowest BCUT2D eigenvalue weighted by Gasteiger charge is -2.44. The monoisotopic (exact) mass is 602 g/mol. The van der Waals surface area contributed by atoms with Crippen molar-refractivity contribution >= 4 is 39.8 Å². The van der Waals surface area contributed by atoms with Gasteiger partial charge in [-0.1, -0.05) is 152 Å². The Morgan fingerprint density at radius 3 is 1.30 bits per heavy atom. The third kappa shape index (κ3) is 7.54. The summed E-state index contributed by atoms with van der Waals surface area (Å²) in [6, 6.07) is 58.0. The maximum Gasteiger partial charge on any atom is 0.169 e. The minimum atomic E-state index is -1.22. The minimum Gasteiger partial charge on any atom is -0.395 e. The lowest BCUT2D eigenvalue weighted by molar-refractivity contribution is -0.693. The number of rotatable bonds is 10. The standard InChI is InChI=1S/C24H20B.C18H23N2O/c1-5-13-21(14-6-1)25(22-15-7-2-8-16-22,23-17-9-3-10-18-23)24-19-11-4-12-20-24;1-3-20-11-9-17(10-12-20)18(19(2)13-14-21)15-16-7-5-4-6-8-16/h1-20H;4-12,15,21H,3,13-14H2,1-2H3/q-1;+1/b;18-15+. The summed E-state index contributed by atoms with van der Waals surface area (Å²) in [5.74, 6) is 0. The Morgan fingerprint density at radius 1 is 0.587 bits per heavy atom. The van der Waals surface area contributed by atoms with Crippen LogP contribution in [0, 0.1) is 0 Å². The molecule has 0 amide bonds. The van der Waals surface area contributed by atoms with E-state index in [1.54, 1.807) is 0 Å². The lowest BCUT2D eigenvalue weighted by Crippen LogP contribution is -2.74. The van der Waals surface area contributed by atoms with Gasteiger partial charge >= 0.3 is 0 Å². The van der Waals surface area contributed by atoms with Crippen LogP contribution in [0.1, 0.15) is 18.1 Å². The molecule has 0 bridgehead atoms. The molecule has 0 saturated heterocycles. The van der Waals surface area contributed by atoms with Crippen molar-refractivity contribution in [2.24, 2.45) is 0 Å². The van der Waals surface area contributed by atoms with Gasteiger partial charge in [0.15, 0.2) is 12.4 Å². The number of pyridine rings is 1. The first-order valence-corrected chi connectivity index (χ1v) is 16.1. The van der Waals surface area contributed by atoms with Gasteiger partial charge in [0.1, 0.15) is 12.7 Å². The van der Waals surface area contributed by atoms with E-state index in [-0.39, 0.29) is 6.61 Å². The second-order valence-electron chi connectivity index (χ2n) is 11.5. The Balaban J connectivity index is 0.000000184. The topological polar surface area (TPSA) is 27.4 Å². The number of hydrogen-bond acceptors (Lipinski definition) is 2. The highest BCUT2D eigenvalue weighted by Crippen LogP contribution is 2.20. The average Bonchev–Trinajstić information content (AvgIpc) is 3.14. The smallest absolute Gasteiger partial charge is 0.169 e. The zero-order valence-corrected chi connectivity index (χ0v) is 26.9. The van der Waals surface area contributed by atoms with Gasteiger partial charge in [-0.3, -0.25) is 0 Å². The van der Waals surface area contributed by atoms with Crippen LogP contribution in [-0.4, -0.2) is 36.4 Å². The molecular weight excluding hydrogens is 559 g/mol. The van der Waals surface area contributed by atoms with Gasteiger partial charge in [0.25, 0.3) is 0 Å². The molecule has 6 aromatic rings. The summed E-state index contributed by atoms with van der Waals surface area (Å²) in [5, 5.41) is 9.21. The second kappa shape index (κ2) is 16.2. The van der Waals surface area contributed by atoms with Gasteiger partial charge in [-0.25, -0.2) is 4.57 Å². The van der Waals surface area contributed by atoms with Crippen LogP contribution in [0.25, 0.3) is 11.8 Å². The van der Waals surface area contributed by atoms with Crippen LogP contribution in [0.4, 0.5) is 0 Å². The molecule has 0 saturated carbocycles. The van der Waals surface area contributed by atoms with Crippen molar-refractivity contribution in [3.05, 3.63) is 187 Å². The van der Waals surface area contributed by atoms with Crippen LogP contribution in [0.5, 0.6) is 0 Å². The minimum absolute atomic E-state index is 0.143. The SMILES string of the molecule is CC[n+]1ccc(/C(=C\c2ccccc2)N(C)CCO)cc1.c1ccc([B-](c2ccccc2)(c2ccccc2)c2ccccc2)cc1. The summed E-state index contributed by atoms with van der Waals surface area (Å²) < 4.78 is 2.13. The van der Waals surface area contributed by atoms with E-state index in [2.05, 4.69) is 180 Å². The molecule has 0 fully saturated rings. The summed E-state index contributed by atoms with van der Waals surface area (Å²) in [6.45, 7) is 3.84. The maximum atomic E-state index is 9.21. The lowest BCUT2D eigenvalue weighted by atomic mass is 9.13. The Bertz CT molecular complexity index is 1600. The zero-order valence-electron chi connectivity index (χ0n) is 26.9. The summed E-state index contributed by atoms with van der Waals surface area (Å²) in [7, 11) is 2.01. The molecule has 0 aliphatic heterocycles. The van der Waals surface area contributed by atoms with E-state index in [1.165, 1.54) is 21.9 Å². The number of aliphatic hydroxyl groups excluding tert-OH is 1. The van der Waals surface area contributed by atoms with Crippen LogP contribution in [0.2, 0.25) is 0 Å². The van der Waals surface area contributed by atoms with Crippen molar-refractivity contribution in [2.45, 2.75) is 13.5 Å². The first kappa shape index (κ1) is 32.2. The Hall–Kier alpha value is -5.19. The van der Waals surface area contributed by atoms with E-state index < -0.39 is 6.15 Å². The summed E-state index contributed by atoms with van der Waals surface area (Å²) in [5.41, 5.74) is 8.77. The average molecular weight is 603 g/mol. The molecule has 0 radical (unpaired) electrons. The Labute approximate surface area is 274 Å².